The molecule has 0 spiro atoms. The van der Waals surface area contributed by atoms with Crippen molar-refractivity contribution in [2.24, 2.45) is 5.92 Å². The van der Waals surface area contributed by atoms with E-state index >= 15 is 0 Å². The summed E-state index contributed by atoms with van der Waals surface area (Å²) in [6, 6.07) is 7.46. The van der Waals surface area contributed by atoms with E-state index < -0.39 is 0 Å². The van der Waals surface area contributed by atoms with Crippen molar-refractivity contribution < 1.29 is 4.79 Å². The van der Waals surface area contributed by atoms with Gasteiger partial charge in [-0.05, 0) is 64.0 Å². The number of likely N-dealkylation sites (tertiary alicyclic amines) is 1. The van der Waals surface area contributed by atoms with Crippen molar-refractivity contribution in [3.63, 3.8) is 0 Å². The number of hydrogen-bond acceptors (Lipinski definition) is 4. The van der Waals surface area contributed by atoms with Crippen LogP contribution in [0.3, 0.4) is 0 Å². The van der Waals surface area contributed by atoms with Gasteiger partial charge in [0.05, 0.1) is 11.6 Å². The third kappa shape index (κ3) is 3.83. The summed E-state index contributed by atoms with van der Waals surface area (Å²) in [5.41, 5.74) is 2.18. The van der Waals surface area contributed by atoms with E-state index in [0.717, 1.165) is 25.3 Å². The summed E-state index contributed by atoms with van der Waals surface area (Å²) in [5.74, 6) is 0.696. The first kappa shape index (κ1) is 15.5. The highest BCUT2D eigenvalue weighted by molar-refractivity contribution is 6.00. The van der Waals surface area contributed by atoms with Gasteiger partial charge in [-0.3, -0.25) is 4.79 Å². The molecule has 0 aromatic heterocycles. The minimum Gasteiger partial charge on any atom is -0.374 e. The van der Waals surface area contributed by atoms with Crippen LogP contribution in [0.1, 0.15) is 35.7 Å². The molecular formula is C17H23N3O. The molecule has 21 heavy (non-hydrogen) atoms. The molecule has 4 heteroatoms. The normalized spacial score (nSPS) is 16.5. The second kappa shape index (κ2) is 6.73. The van der Waals surface area contributed by atoms with Gasteiger partial charge in [0.1, 0.15) is 0 Å². The molecule has 0 aliphatic carbocycles. The van der Waals surface area contributed by atoms with Crippen LogP contribution in [-0.4, -0.2) is 44.4 Å². The van der Waals surface area contributed by atoms with Crippen LogP contribution in [0.25, 0.3) is 0 Å². The van der Waals surface area contributed by atoms with Gasteiger partial charge in [-0.25, -0.2) is 0 Å². The Kier molecular flexibility index (Phi) is 4.98. The Morgan fingerprint density at radius 3 is 2.67 bits per heavy atom. The number of ketones is 1. The van der Waals surface area contributed by atoms with Crippen LogP contribution < -0.4 is 4.90 Å². The lowest BCUT2D eigenvalue weighted by molar-refractivity contribution is 0.101. The molecule has 112 valence electrons. The number of benzene rings is 1. The molecule has 1 aliphatic rings. The predicted molar refractivity (Wildman–Crippen MR) is 84.7 cm³/mol. The number of piperidine rings is 1. The molecule has 0 unspecified atom stereocenters. The van der Waals surface area contributed by atoms with E-state index in [-0.39, 0.29) is 5.78 Å². The van der Waals surface area contributed by atoms with Crippen molar-refractivity contribution in [3.05, 3.63) is 29.3 Å². The van der Waals surface area contributed by atoms with E-state index in [1.165, 1.54) is 12.8 Å². The van der Waals surface area contributed by atoms with Gasteiger partial charge in [-0.1, -0.05) is 0 Å². The lowest BCUT2D eigenvalue weighted by atomic mass is 9.96. The van der Waals surface area contributed by atoms with Gasteiger partial charge in [-0.15, -0.1) is 0 Å². The Morgan fingerprint density at radius 2 is 2.10 bits per heavy atom. The zero-order chi connectivity index (χ0) is 15.4. The monoisotopic (exact) mass is 285 g/mol. The van der Waals surface area contributed by atoms with E-state index in [0.29, 0.717) is 17.0 Å². The fraction of sp³-hybridized carbons (Fsp3) is 0.529. The average molecular weight is 285 g/mol. The number of hydrogen-bond donors (Lipinski definition) is 0. The molecule has 4 nitrogen and oxygen atoms in total. The number of nitriles is 1. The fourth-order valence-electron chi connectivity index (χ4n) is 2.95. The zero-order valence-corrected chi connectivity index (χ0v) is 13.1. The van der Waals surface area contributed by atoms with Crippen LogP contribution >= 0.6 is 0 Å². The van der Waals surface area contributed by atoms with Gasteiger partial charge < -0.3 is 9.80 Å². The molecule has 1 heterocycles. The summed E-state index contributed by atoms with van der Waals surface area (Å²) in [7, 11) is 4.17. The number of carbonyl (C=O) groups excluding carboxylic acids is 1. The number of rotatable bonds is 4. The van der Waals surface area contributed by atoms with Gasteiger partial charge in [0.2, 0.25) is 0 Å². The number of nitrogens with zero attached hydrogens (tertiary/aromatic N) is 3. The number of Topliss-reactive ketones (excluding diaryl/α,β-unsaturated/α-hetero) is 1. The Labute approximate surface area is 127 Å². The van der Waals surface area contributed by atoms with Crippen LogP contribution in [0.2, 0.25) is 0 Å². The molecule has 0 bridgehead atoms. The Bertz CT molecular complexity index is 554. The zero-order valence-electron chi connectivity index (χ0n) is 13.1. The van der Waals surface area contributed by atoms with Gasteiger partial charge in [0.25, 0.3) is 0 Å². The third-order valence-corrected chi connectivity index (χ3v) is 4.29. The molecule has 1 saturated heterocycles. The molecule has 1 aromatic carbocycles. The summed E-state index contributed by atoms with van der Waals surface area (Å²) >= 11 is 0. The van der Waals surface area contributed by atoms with Crippen molar-refractivity contribution in [2.45, 2.75) is 19.8 Å². The van der Waals surface area contributed by atoms with Crippen molar-refractivity contribution in [1.29, 1.82) is 5.26 Å². The Morgan fingerprint density at radius 1 is 1.43 bits per heavy atom. The predicted octanol–water partition coefficient (Wildman–Crippen LogP) is 2.54. The second-order valence-electron chi connectivity index (χ2n) is 6.03. The SMILES string of the molecule is CC(=O)c1ccc(C#N)cc1N(C)CC1CCN(C)CC1. The molecule has 1 fully saturated rings. The summed E-state index contributed by atoms with van der Waals surface area (Å²) in [6.45, 7) is 4.78. The summed E-state index contributed by atoms with van der Waals surface area (Å²) in [4.78, 5) is 16.3. The average Bonchev–Trinajstić information content (AvgIpc) is 2.48. The van der Waals surface area contributed by atoms with Gasteiger partial charge in [0.15, 0.2) is 5.78 Å². The first-order valence-electron chi connectivity index (χ1n) is 7.46. The Balaban J connectivity index is 2.15. The summed E-state index contributed by atoms with van der Waals surface area (Å²) in [5, 5.41) is 9.06. The van der Waals surface area contributed by atoms with Crippen molar-refractivity contribution in [1.82, 2.24) is 4.90 Å². The maximum atomic E-state index is 11.8. The van der Waals surface area contributed by atoms with E-state index in [1.807, 2.05) is 13.1 Å². The summed E-state index contributed by atoms with van der Waals surface area (Å²) < 4.78 is 0. The molecular weight excluding hydrogens is 262 g/mol. The largest absolute Gasteiger partial charge is 0.374 e. The highest BCUT2D eigenvalue weighted by Crippen LogP contribution is 2.25. The smallest absolute Gasteiger partial charge is 0.161 e. The molecule has 1 aromatic rings. The minimum absolute atomic E-state index is 0.0460. The maximum absolute atomic E-state index is 11.8. The first-order chi connectivity index (χ1) is 10.0. The van der Waals surface area contributed by atoms with Crippen LogP contribution in [0.4, 0.5) is 5.69 Å². The van der Waals surface area contributed by atoms with Gasteiger partial charge in [0, 0.05) is 24.8 Å². The van der Waals surface area contributed by atoms with Crippen molar-refractivity contribution in [2.75, 3.05) is 38.6 Å². The highest BCUT2D eigenvalue weighted by atomic mass is 16.1. The molecule has 0 saturated carbocycles. The van der Waals surface area contributed by atoms with Crippen molar-refractivity contribution >= 4 is 11.5 Å². The second-order valence-corrected chi connectivity index (χ2v) is 6.03. The molecule has 0 radical (unpaired) electrons. The van der Waals surface area contributed by atoms with E-state index in [9.17, 15) is 4.79 Å². The van der Waals surface area contributed by atoms with E-state index in [4.69, 9.17) is 5.26 Å². The highest BCUT2D eigenvalue weighted by Gasteiger charge is 2.20. The lowest BCUT2D eigenvalue weighted by Crippen LogP contribution is -2.36. The molecule has 2 rings (SSSR count). The topological polar surface area (TPSA) is 47.3 Å². The minimum atomic E-state index is 0.0460. The van der Waals surface area contributed by atoms with E-state index in [2.05, 4.69) is 22.9 Å². The molecule has 0 amide bonds. The van der Waals surface area contributed by atoms with Crippen LogP contribution in [0.5, 0.6) is 0 Å². The molecule has 0 atom stereocenters. The van der Waals surface area contributed by atoms with Gasteiger partial charge in [-0.2, -0.15) is 5.26 Å². The van der Waals surface area contributed by atoms with Crippen LogP contribution in [0.15, 0.2) is 18.2 Å². The quantitative estimate of drug-likeness (QED) is 0.798. The van der Waals surface area contributed by atoms with Crippen LogP contribution in [0, 0.1) is 17.2 Å². The molecule has 1 aliphatic heterocycles. The van der Waals surface area contributed by atoms with E-state index in [1.54, 1.807) is 19.1 Å². The summed E-state index contributed by atoms with van der Waals surface area (Å²) in [6.07, 6.45) is 2.38. The first-order valence-corrected chi connectivity index (χ1v) is 7.46. The number of anilines is 1. The van der Waals surface area contributed by atoms with Crippen molar-refractivity contribution in [3.8, 4) is 6.07 Å². The van der Waals surface area contributed by atoms with Crippen LogP contribution in [-0.2, 0) is 0 Å². The standard InChI is InChI=1S/C17H23N3O/c1-13(21)16-5-4-15(11-18)10-17(16)20(3)12-14-6-8-19(2)9-7-14/h4-5,10,14H,6-9,12H2,1-3H3. The maximum Gasteiger partial charge on any atom is 0.161 e. The third-order valence-electron chi connectivity index (χ3n) is 4.29. The molecule has 0 N–H and O–H groups in total. The fourth-order valence-corrected chi connectivity index (χ4v) is 2.95. The Hall–Kier alpha value is -1.86. The van der Waals surface area contributed by atoms with Gasteiger partial charge >= 0.3 is 0 Å². The number of carbonyl (C=O) groups is 1. The lowest BCUT2D eigenvalue weighted by Gasteiger charge is -2.33.